The highest BCUT2D eigenvalue weighted by atomic mass is 32.1. The molecule has 25 heavy (non-hydrogen) atoms. The van der Waals surface area contributed by atoms with Gasteiger partial charge in [0.05, 0.1) is 12.2 Å². The summed E-state index contributed by atoms with van der Waals surface area (Å²) >= 11 is 1.68. The molecule has 1 aliphatic rings. The second-order valence-corrected chi connectivity index (χ2v) is 7.05. The summed E-state index contributed by atoms with van der Waals surface area (Å²) < 4.78 is 10.7. The molecule has 0 unspecified atom stereocenters. The lowest BCUT2D eigenvalue weighted by Gasteiger charge is -2.11. The number of ether oxygens (including phenoxy) is 2. The minimum atomic E-state index is 0.308. The van der Waals surface area contributed by atoms with Crippen molar-refractivity contribution in [2.75, 3.05) is 20.4 Å². The molecule has 2 aromatic rings. The van der Waals surface area contributed by atoms with E-state index in [4.69, 9.17) is 9.47 Å². The second kappa shape index (κ2) is 8.20. The fraction of sp³-hybridized carbons (Fsp3) is 0.444. The molecule has 0 saturated heterocycles. The van der Waals surface area contributed by atoms with Crippen LogP contribution in [0.1, 0.15) is 36.0 Å². The van der Waals surface area contributed by atoms with Gasteiger partial charge < -0.3 is 20.1 Å². The summed E-state index contributed by atoms with van der Waals surface area (Å²) in [5.41, 5.74) is 2.35. The monoisotopic (exact) mass is 360 g/mol. The number of benzene rings is 1. The Balaban J connectivity index is 1.44. The Morgan fingerprint density at radius 2 is 2.12 bits per heavy atom. The Kier molecular flexibility index (Phi) is 5.75. The maximum Gasteiger partial charge on any atom is 0.231 e. The number of rotatable bonds is 6. The summed E-state index contributed by atoms with van der Waals surface area (Å²) in [6, 6.07) is 6.05. The average Bonchev–Trinajstić information content (AvgIpc) is 3.26. The van der Waals surface area contributed by atoms with E-state index in [0.29, 0.717) is 19.3 Å². The number of nitrogens with zero attached hydrogens (tertiary/aromatic N) is 2. The van der Waals surface area contributed by atoms with Crippen molar-refractivity contribution in [1.82, 2.24) is 15.6 Å². The highest BCUT2D eigenvalue weighted by Crippen LogP contribution is 2.32. The molecule has 0 spiro atoms. The summed E-state index contributed by atoms with van der Waals surface area (Å²) in [5.74, 6) is 2.88. The molecule has 7 heteroatoms. The van der Waals surface area contributed by atoms with Crippen LogP contribution in [-0.4, -0.2) is 31.3 Å². The Morgan fingerprint density at radius 3 is 2.88 bits per heavy atom. The lowest BCUT2D eigenvalue weighted by molar-refractivity contribution is 0.174. The molecule has 0 saturated carbocycles. The third-order valence-corrected chi connectivity index (χ3v) is 4.80. The number of hydrogen-bond donors (Lipinski definition) is 2. The fourth-order valence-corrected chi connectivity index (χ4v) is 3.37. The number of aliphatic imine (C=N–C) groups is 1. The fourth-order valence-electron chi connectivity index (χ4n) is 2.47. The summed E-state index contributed by atoms with van der Waals surface area (Å²) in [7, 11) is 1.78. The van der Waals surface area contributed by atoms with E-state index in [2.05, 4.69) is 45.9 Å². The Labute approximate surface area is 152 Å². The summed E-state index contributed by atoms with van der Waals surface area (Å²) in [6.07, 6.45) is 0.881. The first-order chi connectivity index (χ1) is 12.2. The van der Waals surface area contributed by atoms with E-state index in [1.807, 2.05) is 12.1 Å². The van der Waals surface area contributed by atoms with Gasteiger partial charge in [-0.15, -0.1) is 11.3 Å². The van der Waals surface area contributed by atoms with Crippen LogP contribution in [0.25, 0.3) is 0 Å². The molecule has 6 nitrogen and oxygen atoms in total. The van der Waals surface area contributed by atoms with Crippen molar-refractivity contribution in [3.05, 3.63) is 39.8 Å². The zero-order valence-electron chi connectivity index (χ0n) is 14.8. The zero-order chi connectivity index (χ0) is 17.6. The van der Waals surface area contributed by atoms with Gasteiger partial charge in [-0.3, -0.25) is 4.99 Å². The number of thiazole rings is 1. The molecule has 2 heterocycles. The van der Waals surface area contributed by atoms with Crippen molar-refractivity contribution < 1.29 is 9.47 Å². The minimum Gasteiger partial charge on any atom is -0.454 e. The highest BCUT2D eigenvalue weighted by Gasteiger charge is 2.13. The van der Waals surface area contributed by atoms with Crippen LogP contribution in [0, 0.1) is 0 Å². The standard InChI is InChI=1S/C18H24N4O2S/c1-12(2)14-10-25-17(22-14)9-21-18(19-3)20-7-6-13-4-5-15-16(8-13)24-11-23-15/h4-5,8,10,12H,6-7,9,11H2,1-3H3,(H2,19,20,21). The van der Waals surface area contributed by atoms with Crippen LogP contribution in [0.4, 0.5) is 0 Å². The van der Waals surface area contributed by atoms with Crippen LogP contribution in [0.15, 0.2) is 28.6 Å². The first kappa shape index (κ1) is 17.5. The molecule has 134 valence electrons. The molecule has 0 radical (unpaired) electrons. The van der Waals surface area contributed by atoms with E-state index in [0.717, 1.165) is 41.1 Å². The predicted octanol–water partition coefficient (Wildman–Crippen LogP) is 2.90. The van der Waals surface area contributed by atoms with E-state index in [9.17, 15) is 0 Å². The molecule has 0 bridgehead atoms. The first-order valence-corrected chi connectivity index (χ1v) is 9.31. The van der Waals surface area contributed by atoms with Crippen LogP contribution in [-0.2, 0) is 13.0 Å². The lowest BCUT2D eigenvalue weighted by Crippen LogP contribution is -2.37. The molecular formula is C18H24N4O2S. The normalized spacial score (nSPS) is 13.4. The van der Waals surface area contributed by atoms with E-state index < -0.39 is 0 Å². The van der Waals surface area contributed by atoms with Gasteiger partial charge in [0, 0.05) is 19.0 Å². The molecule has 1 aromatic carbocycles. The maximum absolute atomic E-state index is 5.41. The number of aromatic nitrogens is 1. The Hall–Kier alpha value is -2.28. The van der Waals surface area contributed by atoms with Crippen LogP contribution in [0.3, 0.4) is 0 Å². The third kappa shape index (κ3) is 4.63. The van der Waals surface area contributed by atoms with Crippen molar-refractivity contribution >= 4 is 17.3 Å². The Morgan fingerprint density at radius 1 is 1.28 bits per heavy atom. The smallest absolute Gasteiger partial charge is 0.231 e. The van der Waals surface area contributed by atoms with Gasteiger partial charge >= 0.3 is 0 Å². The molecule has 1 aliphatic heterocycles. The van der Waals surface area contributed by atoms with Crippen molar-refractivity contribution in [3.8, 4) is 11.5 Å². The summed E-state index contributed by atoms with van der Waals surface area (Å²) in [5, 5.41) is 9.83. The number of fused-ring (bicyclic) bond motifs is 1. The number of guanidine groups is 1. The zero-order valence-corrected chi connectivity index (χ0v) is 15.7. The molecule has 3 rings (SSSR count). The number of hydrogen-bond acceptors (Lipinski definition) is 5. The van der Waals surface area contributed by atoms with E-state index in [1.54, 1.807) is 18.4 Å². The summed E-state index contributed by atoms with van der Waals surface area (Å²) in [4.78, 5) is 8.89. The van der Waals surface area contributed by atoms with Gasteiger partial charge in [0.1, 0.15) is 5.01 Å². The van der Waals surface area contributed by atoms with E-state index in [-0.39, 0.29) is 0 Å². The average molecular weight is 360 g/mol. The van der Waals surface area contributed by atoms with Gasteiger partial charge in [0.15, 0.2) is 17.5 Å². The van der Waals surface area contributed by atoms with Crippen LogP contribution < -0.4 is 20.1 Å². The quantitative estimate of drug-likeness (QED) is 0.612. The molecule has 0 atom stereocenters. The molecule has 0 amide bonds. The topological polar surface area (TPSA) is 67.8 Å². The van der Waals surface area contributed by atoms with Gasteiger partial charge in [-0.2, -0.15) is 0 Å². The molecule has 0 fully saturated rings. The highest BCUT2D eigenvalue weighted by molar-refractivity contribution is 7.09. The number of nitrogens with one attached hydrogen (secondary N) is 2. The van der Waals surface area contributed by atoms with Crippen molar-refractivity contribution in [2.45, 2.75) is 32.7 Å². The minimum absolute atomic E-state index is 0.308. The van der Waals surface area contributed by atoms with E-state index >= 15 is 0 Å². The predicted molar refractivity (Wildman–Crippen MR) is 101 cm³/mol. The van der Waals surface area contributed by atoms with Crippen LogP contribution >= 0.6 is 11.3 Å². The van der Waals surface area contributed by atoms with Gasteiger partial charge in [-0.05, 0) is 30.0 Å². The van der Waals surface area contributed by atoms with Crippen molar-refractivity contribution in [3.63, 3.8) is 0 Å². The SMILES string of the molecule is CN=C(NCCc1ccc2c(c1)OCO2)NCc1nc(C(C)C)cs1. The maximum atomic E-state index is 5.41. The first-order valence-electron chi connectivity index (χ1n) is 8.43. The lowest BCUT2D eigenvalue weighted by atomic mass is 10.1. The second-order valence-electron chi connectivity index (χ2n) is 6.11. The third-order valence-electron chi connectivity index (χ3n) is 3.93. The Bertz CT molecular complexity index is 742. The largest absolute Gasteiger partial charge is 0.454 e. The molecule has 0 aliphatic carbocycles. The van der Waals surface area contributed by atoms with Gasteiger partial charge in [0.2, 0.25) is 6.79 Å². The van der Waals surface area contributed by atoms with Crippen LogP contribution in [0.2, 0.25) is 0 Å². The van der Waals surface area contributed by atoms with Gasteiger partial charge in [0.25, 0.3) is 0 Å². The van der Waals surface area contributed by atoms with Crippen molar-refractivity contribution in [1.29, 1.82) is 0 Å². The van der Waals surface area contributed by atoms with Gasteiger partial charge in [-0.1, -0.05) is 19.9 Å². The molecule has 2 N–H and O–H groups in total. The molecular weight excluding hydrogens is 336 g/mol. The summed E-state index contributed by atoms with van der Waals surface area (Å²) in [6.45, 7) is 6.09. The van der Waals surface area contributed by atoms with Crippen molar-refractivity contribution in [2.24, 2.45) is 4.99 Å². The van der Waals surface area contributed by atoms with Gasteiger partial charge in [-0.25, -0.2) is 4.98 Å². The molecule has 1 aromatic heterocycles. The van der Waals surface area contributed by atoms with Crippen LogP contribution in [0.5, 0.6) is 11.5 Å². The van der Waals surface area contributed by atoms with E-state index in [1.165, 1.54) is 5.56 Å².